The molecule has 2 heterocycles. The van der Waals surface area contributed by atoms with Crippen molar-refractivity contribution in [3.05, 3.63) is 89.4 Å². The molecule has 0 aliphatic carbocycles. The molecule has 0 saturated heterocycles. The molecule has 1 aliphatic rings. The molecule has 0 bridgehead atoms. The van der Waals surface area contributed by atoms with E-state index in [0.29, 0.717) is 12.2 Å². The van der Waals surface area contributed by atoms with E-state index in [1.807, 2.05) is 31.2 Å². The summed E-state index contributed by atoms with van der Waals surface area (Å²) in [6, 6.07) is 19.5. The Morgan fingerprint density at radius 2 is 1.77 bits per heavy atom. The zero-order chi connectivity index (χ0) is 20.9. The second-order valence-corrected chi connectivity index (χ2v) is 7.70. The number of fused-ring (bicyclic) bond motifs is 1. The van der Waals surface area contributed by atoms with E-state index in [1.54, 1.807) is 18.4 Å². The van der Waals surface area contributed by atoms with Crippen LogP contribution in [0.2, 0.25) is 0 Å². The van der Waals surface area contributed by atoms with E-state index in [2.05, 4.69) is 34.9 Å². The highest BCUT2D eigenvalue weighted by atomic mass is 16.3. The molecule has 0 fully saturated rings. The summed E-state index contributed by atoms with van der Waals surface area (Å²) >= 11 is 0. The van der Waals surface area contributed by atoms with Crippen LogP contribution in [0.3, 0.4) is 0 Å². The van der Waals surface area contributed by atoms with Gasteiger partial charge in [-0.25, -0.2) is 0 Å². The van der Waals surface area contributed by atoms with E-state index < -0.39 is 11.8 Å². The number of amides is 2. The zero-order valence-electron chi connectivity index (χ0n) is 17.0. The molecule has 154 valence electrons. The summed E-state index contributed by atoms with van der Waals surface area (Å²) < 4.78 is 5.66. The maximum absolute atomic E-state index is 12.4. The van der Waals surface area contributed by atoms with Gasteiger partial charge < -0.3 is 20.0 Å². The molecule has 2 atom stereocenters. The van der Waals surface area contributed by atoms with Crippen molar-refractivity contribution in [2.45, 2.75) is 25.9 Å². The molecular formula is C24H26N3O3+. The third kappa shape index (κ3) is 4.60. The number of benzene rings is 2. The lowest BCUT2D eigenvalue weighted by Gasteiger charge is -2.31. The summed E-state index contributed by atoms with van der Waals surface area (Å²) in [6.45, 7) is 4.08. The Labute approximate surface area is 175 Å². The lowest BCUT2D eigenvalue weighted by molar-refractivity contribution is -0.946. The second-order valence-electron chi connectivity index (χ2n) is 7.70. The first-order valence-corrected chi connectivity index (χ1v) is 10.2. The van der Waals surface area contributed by atoms with Crippen molar-refractivity contribution in [3.8, 4) is 0 Å². The standard InChI is InChI=1S/C24H25N3O3/c1-17-8-10-20(11-9-17)26-24(29)23(28)25-15-21(22-7-4-14-30-22)27-13-12-18-5-2-3-6-19(18)16-27/h2-11,14,21H,12-13,15-16H2,1H3,(H,25,28)(H,26,29)/p+1/t21-/m1/s1. The van der Waals surface area contributed by atoms with Gasteiger partial charge >= 0.3 is 11.8 Å². The first-order valence-electron chi connectivity index (χ1n) is 10.2. The number of quaternary nitrogens is 1. The fourth-order valence-electron chi connectivity index (χ4n) is 3.93. The Kier molecular flexibility index (Phi) is 5.95. The van der Waals surface area contributed by atoms with E-state index in [1.165, 1.54) is 16.0 Å². The minimum Gasteiger partial charge on any atom is -0.463 e. The number of hydrogen-bond donors (Lipinski definition) is 3. The highest BCUT2D eigenvalue weighted by Crippen LogP contribution is 2.15. The number of hydrogen-bond acceptors (Lipinski definition) is 3. The van der Waals surface area contributed by atoms with Crippen molar-refractivity contribution in [2.24, 2.45) is 0 Å². The average molecular weight is 404 g/mol. The summed E-state index contributed by atoms with van der Waals surface area (Å²) in [5.74, 6) is -0.511. The molecule has 3 N–H and O–H groups in total. The molecule has 1 unspecified atom stereocenters. The maximum Gasteiger partial charge on any atom is 0.313 e. The van der Waals surface area contributed by atoms with Crippen LogP contribution in [-0.4, -0.2) is 24.9 Å². The van der Waals surface area contributed by atoms with Gasteiger partial charge in [0.15, 0.2) is 11.8 Å². The molecule has 2 amide bonds. The molecule has 6 heteroatoms. The third-order valence-electron chi connectivity index (χ3n) is 5.61. The maximum atomic E-state index is 12.4. The van der Waals surface area contributed by atoms with E-state index >= 15 is 0 Å². The van der Waals surface area contributed by atoms with Gasteiger partial charge in [-0.3, -0.25) is 9.59 Å². The third-order valence-corrected chi connectivity index (χ3v) is 5.61. The predicted molar refractivity (Wildman–Crippen MR) is 114 cm³/mol. The topological polar surface area (TPSA) is 75.8 Å². The van der Waals surface area contributed by atoms with Gasteiger partial charge in [-0.05, 0) is 36.8 Å². The second kappa shape index (κ2) is 8.97. The van der Waals surface area contributed by atoms with E-state index in [4.69, 9.17) is 4.42 Å². The number of carbonyl (C=O) groups is 2. The van der Waals surface area contributed by atoms with Crippen molar-refractivity contribution < 1.29 is 18.9 Å². The molecule has 1 aliphatic heterocycles. The molecule has 30 heavy (non-hydrogen) atoms. The van der Waals surface area contributed by atoms with Crippen LogP contribution < -0.4 is 15.5 Å². The fraction of sp³-hybridized carbons (Fsp3) is 0.250. The van der Waals surface area contributed by atoms with E-state index in [-0.39, 0.29) is 6.04 Å². The van der Waals surface area contributed by atoms with Crippen molar-refractivity contribution in [1.82, 2.24) is 5.32 Å². The number of furan rings is 1. The normalized spacial score (nSPS) is 16.4. The summed E-state index contributed by atoms with van der Waals surface area (Å²) in [6.07, 6.45) is 2.62. The van der Waals surface area contributed by atoms with Gasteiger partial charge in [0, 0.05) is 17.7 Å². The van der Waals surface area contributed by atoms with Crippen molar-refractivity contribution >= 4 is 17.5 Å². The minimum absolute atomic E-state index is 0.0653. The van der Waals surface area contributed by atoms with E-state index in [0.717, 1.165) is 30.8 Å². The van der Waals surface area contributed by atoms with Crippen molar-refractivity contribution in [2.75, 3.05) is 18.4 Å². The predicted octanol–water partition coefficient (Wildman–Crippen LogP) is 2.03. The largest absolute Gasteiger partial charge is 0.463 e. The lowest BCUT2D eigenvalue weighted by atomic mass is 9.98. The summed E-state index contributed by atoms with van der Waals surface area (Å²) in [4.78, 5) is 26.0. The van der Waals surface area contributed by atoms with Gasteiger partial charge in [0.05, 0.1) is 19.4 Å². The molecular weight excluding hydrogens is 378 g/mol. The minimum atomic E-state index is -0.670. The summed E-state index contributed by atoms with van der Waals surface area (Å²) in [7, 11) is 0. The smallest absolute Gasteiger partial charge is 0.313 e. The molecule has 6 nitrogen and oxygen atoms in total. The lowest BCUT2D eigenvalue weighted by Crippen LogP contribution is -3.12. The summed E-state index contributed by atoms with van der Waals surface area (Å²) in [5, 5.41) is 5.43. The van der Waals surface area contributed by atoms with Gasteiger partial charge in [-0.2, -0.15) is 0 Å². The van der Waals surface area contributed by atoms with Crippen LogP contribution in [-0.2, 0) is 22.6 Å². The molecule has 0 saturated carbocycles. The quantitative estimate of drug-likeness (QED) is 0.570. The number of nitrogens with one attached hydrogen (secondary N) is 3. The van der Waals surface area contributed by atoms with Crippen molar-refractivity contribution in [3.63, 3.8) is 0 Å². The Balaban J connectivity index is 1.41. The van der Waals surface area contributed by atoms with Crippen LogP contribution in [0.4, 0.5) is 5.69 Å². The summed E-state index contributed by atoms with van der Waals surface area (Å²) in [5.41, 5.74) is 4.38. The Bertz CT molecular complexity index is 1010. The van der Waals surface area contributed by atoms with Crippen LogP contribution in [0, 0.1) is 6.92 Å². The van der Waals surface area contributed by atoms with Crippen LogP contribution >= 0.6 is 0 Å². The number of aryl methyl sites for hydroxylation is 1. The molecule has 4 rings (SSSR count). The molecule has 0 radical (unpaired) electrons. The number of rotatable bonds is 5. The highest BCUT2D eigenvalue weighted by Gasteiger charge is 2.31. The molecule has 0 spiro atoms. The zero-order valence-corrected chi connectivity index (χ0v) is 17.0. The number of carbonyl (C=O) groups excluding carboxylic acids is 2. The van der Waals surface area contributed by atoms with Crippen LogP contribution in [0.1, 0.15) is 28.5 Å². The van der Waals surface area contributed by atoms with Crippen LogP contribution in [0.5, 0.6) is 0 Å². The average Bonchev–Trinajstić information content (AvgIpc) is 3.30. The van der Waals surface area contributed by atoms with Crippen molar-refractivity contribution in [1.29, 1.82) is 0 Å². The Morgan fingerprint density at radius 1 is 1.00 bits per heavy atom. The molecule has 1 aromatic heterocycles. The van der Waals surface area contributed by atoms with Gasteiger partial charge in [0.2, 0.25) is 0 Å². The van der Waals surface area contributed by atoms with Gasteiger partial charge in [-0.15, -0.1) is 0 Å². The molecule has 2 aromatic carbocycles. The molecule has 3 aromatic rings. The van der Waals surface area contributed by atoms with Crippen LogP contribution in [0.25, 0.3) is 0 Å². The monoisotopic (exact) mass is 404 g/mol. The van der Waals surface area contributed by atoms with Gasteiger partial charge in [0.1, 0.15) is 6.54 Å². The highest BCUT2D eigenvalue weighted by molar-refractivity contribution is 6.39. The SMILES string of the molecule is Cc1ccc(NC(=O)C(=O)NC[C@H](c2ccco2)[NH+]2CCc3ccccc3C2)cc1. The van der Waals surface area contributed by atoms with Gasteiger partial charge in [-0.1, -0.05) is 42.0 Å². The first-order chi connectivity index (χ1) is 14.6. The first kappa shape index (κ1) is 19.9. The Hall–Kier alpha value is -3.38. The Morgan fingerprint density at radius 3 is 2.50 bits per heavy atom. The van der Waals surface area contributed by atoms with E-state index in [9.17, 15) is 9.59 Å². The number of anilines is 1. The fourth-order valence-corrected chi connectivity index (χ4v) is 3.93. The van der Waals surface area contributed by atoms with Crippen LogP contribution in [0.15, 0.2) is 71.3 Å². The van der Waals surface area contributed by atoms with Gasteiger partial charge in [0.25, 0.3) is 0 Å².